The van der Waals surface area contributed by atoms with Crippen LogP contribution in [0.5, 0.6) is 0 Å². The number of hydrogen-bond acceptors (Lipinski definition) is 6. The van der Waals surface area contributed by atoms with Gasteiger partial charge in [-0.3, -0.25) is 9.69 Å². The lowest BCUT2D eigenvalue weighted by molar-refractivity contribution is -0.139. The van der Waals surface area contributed by atoms with Crippen LogP contribution in [0, 0.1) is 6.92 Å². The third-order valence-corrected chi connectivity index (χ3v) is 8.79. The molecular weight excluding hydrogens is 524 g/mol. The van der Waals surface area contributed by atoms with Crippen LogP contribution < -0.4 is 5.32 Å². The van der Waals surface area contributed by atoms with Crippen molar-refractivity contribution in [2.75, 3.05) is 32.3 Å². The fraction of sp³-hybridized carbons (Fsp3) is 0.562. The molecule has 2 aliphatic rings. The van der Waals surface area contributed by atoms with Crippen molar-refractivity contribution in [3.8, 4) is 11.1 Å². The second-order valence-electron chi connectivity index (χ2n) is 11.1. The number of methoxy groups -OCH3 is 1. The number of carbonyl (C=O) groups is 2. The zero-order valence-electron chi connectivity index (χ0n) is 24.1. The molecule has 1 amide bonds. The van der Waals surface area contributed by atoms with E-state index in [1.54, 1.807) is 18.9 Å². The Balaban J connectivity index is 1.56. The molecule has 0 radical (unpaired) electrons. The van der Waals surface area contributed by atoms with Crippen LogP contribution in [0.3, 0.4) is 0 Å². The highest BCUT2D eigenvalue weighted by Crippen LogP contribution is 2.31. The van der Waals surface area contributed by atoms with Gasteiger partial charge in [-0.05, 0) is 79.0 Å². The van der Waals surface area contributed by atoms with Gasteiger partial charge >= 0.3 is 5.97 Å². The number of nitrogens with one attached hydrogen (secondary N) is 1. The fourth-order valence-electron chi connectivity index (χ4n) is 6.02. The Kier molecular flexibility index (Phi) is 11.5. The minimum absolute atomic E-state index is 0.207. The number of carboxylic acid groups (broad SMARTS) is 1. The maximum atomic E-state index is 13.4. The Labute approximate surface area is 243 Å². The first kappa shape index (κ1) is 30.6. The second-order valence-corrected chi connectivity index (χ2v) is 12.1. The van der Waals surface area contributed by atoms with E-state index in [1.807, 2.05) is 49.6 Å². The van der Waals surface area contributed by atoms with Gasteiger partial charge in [0.25, 0.3) is 5.91 Å². The molecule has 0 spiro atoms. The molecule has 2 fully saturated rings. The van der Waals surface area contributed by atoms with Gasteiger partial charge in [-0.1, -0.05) is 49.6 Å². The van der Waals surface area contributed by atoms with Crippen molar-refractivity contribution in [1.29, 1.82) is 0 Å². The molecule has 7 nitrogen and oxygen atoms in total. The predicted molar refractivity (Wildman–Crippen MR) is 161 cm³/mol. The van der Waals surface area contributed by atoms with Gasteiger partial charge < -0.3 is 19.9 Å². The van der Waals surface area contributed by atoms with Gasteiger partial charge in [-0.15, -0.1) is 0 Å². The van der Waals surface area contributed by atoms with Gasteiger partial charge in [-0.2, -0.15) is 11.8 Å². The lowest BCUT2D eigenvalue weighted by Gasteiger charge is -2.26. The van der Waals surface area contributed by atoms with Crippen LogP contribution in [0.2, 0.25) is 0 Å². The molecule has 2 aromatic rings. The number of rotatable bonds is 13. The number of benzene rings is 2. The number of carbonyl (C=O) groups excluding carboxylic acids is 1. The number of hydrogen-bond donors (Lipinski definition) is 2. The van der Waals surface area contributed by atoms with E-state index in [2.05, 4.69) is 16.3 Å². The lowest BCUT2D eigenvalue weighted by atomic mass is 9.93. The predicted octanol–water partition coefficient (Wildman–Crippen LogP) is 5.54. The van der Waals surface area contributed by atoms with Gasteiger partial charge in [-0.25, -0.2) is 4.79 Å². The number of ether oxygens (including phenoxy) is 2. The van der Waals surface area contributed by atoms with Crippen molar-refractivity contribution in [3.63, 3.8) is 0 Å². The number of amides is 1. The zero-order chi connectivity index (χ0) is 28.5. The lowest BCUT2D eigenvalue weighted by Crippen LogP contribution is -2.41. The molecule has 2 N–H and O–H groups in total. The summed E-state index contributed by atoms with van der Waals surface area (Å²) in [7, 11) is 1.75. The summed E-state index contributed by atoms with van der Waals surface area (Å²) in [6.07, 6.45) is 10.00. The summed E-state index contributed by atoms with van der Waals surface area (Å²) in [6.45, 7) is 4.28. The highest BCUT2D eigenvalue weighted by Gasteiger charge is 2.34. The second kappa shape index (κ2) is 15.0. The number of carboxylic acids is 1. The summed E-state index contributed by atoms with van der Waals surface area (Å²) in [5.41, 5.74) is 4.44. The standard InChI is InChI=1S/C32H44N2O5S/c1-22-9-7-8-12-27(22)29-17-23(13-14-28(29)31(35)33-30(32(36)37)15-16-40-3)19-34-20-26(18-24(34)21-38-2)39-25-10-5-4-6-11-25/h7-9,12-14,17,24-26,30H,4-6,10-11,15-16,18-21H2,1-3H3,(H,33,35)(H,36,37). The van der Waals surface area contributed by atoms with Crippen molar-refractivity contribution in [2.24, 2.45) is 0 Å². The van der Waals surface area contributed by atoms with Crippen LogP contribution in [-0.4, -0.2) is 78.4 Å². The maximum absolute atomic E-state index is 13.4. The molecule has 3 unspecified atom stereocenters. The molecule has 4 rings (SSSR count). The number of thioether (sulfide) groups is 1. The third-order valence-electron chi connectivity index (χ3n) is 8.15. The number of aliphatic carboxylic acids is 1. The number of likely N-dealkylation sites (tertiary alicyclic amines) is 1. The third kappa shape index (κ3) is 8.09. The molecule has 218 valence electrons. The Bertz CT molecular complexity index is 1140. The van der Waals surface area contributed by atoms with E-state index < -0.39 is 12.0 Å². The van der Waals surface area contributed by atoms with E-state index in [0.717, 1.165) is 54.6 Å². The highest BCUT2D eigenvalue weighted by molar-refractivity contribution is 7.98. The summed E-state index contributed by atoms with van der Waals surface area (Å²) >= 11 is 1.57. The van der Waals surface area contributed by atoms with E-state index in [-0.39, 0.29) is 18.1 Å². The van der Waals surface area contributed by atoms with E-state index in [0.29, 0.717) is 30.4 Å². The Hall–Kier alpha value is -2.39. The molecule has 0 aromatic heterocycles. The monoisotopic (exact) mass is 568 g/mol. The van der Waals surface area contributed by atoms with Crippen molar-refractivity contribution >= 4 is 23.6 Å². The maximum Gasteiger partial charge on any atom is 0.326 e. The van der Waals surface area contributed by atoms with Crippen LogP contribution in [0.25, 0.3) is 11.1 Å². The first-order chi connectivity index (χ1) is 19.4. The van der Waals surface area contributed by atoms with Crippen molar-refractivity contribution in [2.45, 2.75) is 82.7 Å². The normalized spacial score (nSPS) is 20.9. The largest absolute Gasteiger partial charge is 0.480 e. The van der Waals surface area contributed by atoms with E-state index in [9.17, 15) is 14.7 Å². The molecule has 1 saturated carbocycles. The van der Waals surface area contributed by atoms with Crippen LogP contribution >= 0.6 is 11.8 Å². The minimum atomic E-state index is -1.01. The minimum Gasteiger partial charge on any atom is -0.480 e. The van der Waals surface area contributed by atoms with E-state index >= 15 is 0 Å². The fourth-order valence-corrected chi connectivity index (χ4v) is 6.49. The molecular formula is C32H44N2O5S. The van der Waals surface area contributed by atoms with Crippen LogP contribution in [-0.2, 0) is 20.8 Å². The first-order valence-electron chi connectivity index (χ1n) is 14.5. The van der Waals surface area contributed by atoms with Gasteiger partial charge in [0.1, 0.15) is 6.04 Å². The number of aryl methyl sites for hydroxylation is 1. The van der Waals surface area contributed by atoms with Crippen molar-refractivity contribution < 1.29 is 24.2 Å². The summed E-state index contributed by atoms with van der Waals surface area (Å²) in [5.74, 6) is -0.720. The molecule has 1 heterocycles. The van der Waals surface area contributed by atoms with Gasteiger partial charge in [0.05, 0.1) is 18.8 Å². The quantitative estimate of drug-likeness (QED) is 0.328. The van der Waals surface area contributed by atoms with Gasteiger partial charge in [0.15, 0.2) is 0 Å². The summed E-state index contributed by atoms with van der Waals surface area (Å²) in [4.78, 5) is 27.7. The summed E-state index contributed by atoms with van der Waals surface area (Å²) in [6, 6.07) is 13.3. The SMILES string of the molecule is COCC1CC(OC2CCCCC2)CN1Cc1ccc(C(=O)NC(CCSC)C(=O)O)c(-c2ccccc2C)c1. The molecule has 1 saturated heterocycles. The number of nitrogens with zero attached hydrogens (tertiary/aromatic N) is 1. The smallest absolute Gasteiger partial charge is 0.326 e. The van der Waals surface area contributed by atoms with Crippen molar-refractivity contribution in [3.05, 3.63) is 59.2 Å². The summed E-state index contributed by atoms with van der Waals surface area (Å²) in [5, 5.41) is 12.4. The molecule has 3 atom stereocenters. The molecule has 40 heavy (non-hydrogen) atoms. The highest BCUT2D eigenvalue weighted by atomic mass is 32.2. The van der Waals surface area contributed by atoms with E-state index in [4.69, 9.17) is 9.47 Å². The Morgan fingerprint density at radius 2 is 1.88 bits per heavy atom. The molecule has 0 bridgehead atoms. The van der Waals surface area contributed by atoms with Gasteiger partial charge in [0.2, 0.25) is 0 Å². The molecule has 1 aliphatic heterocycles. The van der Waals surface area contributed by atoms with Crippen LogP contribution in [0.1, 0.15) is 66.4 Å². The first-order valence-corrected chi connectivity index (χ1v) is 15.9. The topological polar surface area (TPSA) is 88.1 Å². The zero-order valence-corrected chi connectivity index (χ0v) is 24.9. The summed E-state index contributed by atoms with van der Waals surface area (Å²) < 4.78 is 12.1. The Morgan fingerprint density at radius 3 is 2.58 bits per heavy atom. The Morgan fingerprint density at radius 1 is 1.10 bits per heavy atom. The molecule has 8 heteroatoms. The van der Waals surface area contributed by atoms with Crippen molar-refractivity contribution in [1.82, 2.24) is 10.2 Å². The van der Waals surface area contributed by atoms with E-state index in [1.165, 1.54) is 19.3 Å². The van der Waals surface area contributed by atoms with Crippen LogP contribution in [0.4, 0.5) is 0 Å². The van der Waals surface area contributed by atoms with Gasteiger partial charge in [0, 0.05) is 31.8 Å². The molecule has 2 aromatic carbocycles. The molecule has 1 aliphatic carbocycles. The average Bonchev–Trinajstić information content (AvgIpc) is 3.31. The average molecular weight is 569 g/mol. The van der Waals surface area contributed by atoms with Crippen LogP contribution in [0.15, 0.2) is 42.5 Å².